The zero-order valence-corrected chi connectivity index (χ0v) is 21.5. The van der Waals surface area contributed by atoms with Gasteiger partial charge >= 0.3 is 0 Å². The average molecular weight is 511 g/mol. The van der Waals surface area contributed by atoms with Gasteiger partial charge in [-0.15, -0.1) is 0 Å². The Labute approximate surface area is 230 Å². The molecule has 8 aromatic rings. The number of benzene rings is 5. The summed E-state index contributed by atoms with van der Waals surface area (Å²) in [6.07, 6.45) is 3.66. The van der Waals surface area contributed by atoms with Crippen LogP contribution in [0.25, 0.3) is 66.1 Å². The molecule has 0 radical (unpaired) electrons. The van der Waals surface area contributed by atoms with Crippen LogP contribution in [0, 0.1) is 11.3 Å². The van der Waals surface area contributed by atoms with Gasteiger partial charge in [-0.3, -0.25) is 4.98 Å². The van der Waals surface area contributed by atoms with Crippen LogP contribution in [0.2, 0.25) is 0 Å². The lowest BCUT2D eigenvalue weighted by Gasteiger charge is -2.20. The molecule has 5 aromatic carbocycles. The van der Waals surface area contributed by atoms with Crippen LogP contribution in [-0.4, -0.2) is 14.1 Å². The second-order valence-electron chi connectivity index (χ2n) is 9.98. The SMILES string of the molecule is N#Cc1cc(-n2c3ccccc3c3ccccc32)c(-c2ccncc2)c(-n2c3ccccc3c3ccccc32)c1. The number of hydrogen-bond donors (Lipinski definition) is 0. The number of fused-ring (bicyclic) bond motifs is 6. The molecule has 0 aliphatic heterocycles. The maximum Gasteiger partial charge on any atom is 0.0993 e. The van der Waals surface area contributed by atoms with Crippen molar-refractivity contribution in [2.24, 2.45) is 0 Å². The summed E-state index contributed by atoms with van der Waals surface area (Å²) in [6.45, 7) is 0. The van der Waals surface area contributed by atoms with E-state index in [-0.39, 0.29) is 0 Å². The highest BCUT2D eigenvalue weighted by Gasteiger charge is 2.22. The van der Waals surface area contributed by atoms with Crippen molar-refractivity contribution in [1.82, 2.24) is 14.1 Å². The Morgan fingerprint density at radius 2 is 0.875 bits per heavy atom. The highest BCUT2D eigenvalue weighted by atomic mass is 15.0. The molecule has 40 heavy (non-hydrogen) atoms. The molecule has 4 heteroatoms. The van der Waals surface area contributed by atoms with Gasteiger partial charge in [0.25, 0.3) is 0 Å². The molecule has 3 heterocycles. The van der Waals surface area contributed by atoms with Crippen LogP contribution >= 0.6 is 0 Å². The minimum atomic E-state index is 0.603. The van der Waals surface area contributed by atoms with Gasteiger partial charge in [-0.1, -0.05) is 72.8 Å². The Bertz CT molecular complexity index is 2040. The molecule has 0 bridgehead atoms. The first-order chi connectivity index (χ1) is 19.8. The first kappa shape index (κ1) is 22.3. The van der Waals surface area contributed by atoms with E-state index in [1.165, 1.54) is 21.5 Å². The van der Waals surface area contributed by atoms with E-state index in [0.29, 0.717) is 5.56 Å². The normalized spacial score (nSPS) is 11.5. The lowest BCUT2D eigenvalue weighted by molar-refractivity contribution is 1.13. The second-order valence-corrected chi connectivity index (χ2v) is 9.98. The van der Waals surface area contributed by atoms with Crippen molar-refractivity contribution in [2.45, 2.75) is 0 Å². The summed E-state index contributed by atoms with van der Waals surface area (Å²) in [5.41, 5.74) is 8.99. The van der Waals surface area contributed by atoms with Gasteiger partial charge in [0, 0.05) is 39.5 Å². The number of rotatable bonds is 3. The summed E-state index contributed by atoms with van der Waals surface area (Å²) in [5.74, 6) is 0. The van der Waals surface area contributed by atoms with Crippen LogP contribution in [0.1, 0.15) is 5.56 Å². The number of nitriles is 1. The van der Waals surface area contributed by atoms with Crippen LogP contribution in [0.5, 0.6) is 0 Å². The smallest absolute Gasteiger partial charge is 0.0993 e. The molecule has 0 amide bonds. The van der Waals surface area contributed by atoms with Gasteiger partial charge in [0.05, 0.1) is 45.1 Å². The maximum absolute atomic E-state index is 10.3. The summed E-state index contributed by atoms with van der Waals surface area (Å²) in [7, 11) is 0. The zero-order valence-electron chi connectivity index (χ0n) is 21.5. The van der Waals surface area contributed by atoms with Crippen LogP contribution in [0.4, 0.5) is 0 Å². The third-order valence-electron chi connectivity index (χ3n) is 7.84. The lowest BCUT2D eigenvalue weighted by atomic mass is 9.99. The van der Waals surface area contributed by atoms with Crippen LogP contribution in [-0.2, 0) is 0 Å². The minimum absolute atomic E-state index is 0.603. The fraction of sp³-hybridized carbons (Fsp3) is 0. The standard InChI is InChI=1S/C36H22N4/c37-23-24-21-34(39-30-13-5-1-9-26(30)27-10-2-6-14-31(27)39)36(25-17-19-38-20-18-25)35(22-24)40-32-15-7-3-11-28(32)29-12-4-8-16-33(29)40/h1-22H. The van der Waals surface area contributed by atoms with Crippen LogP contribution < -0.4 is 0 Å². The van der Waals surface area contributed by atoms with Gasteiger partial charge in [-0.05, 0) is 54.1 Å². The third-order valence-corrected chi connectivity index (χ3v) is 7.84. The molecule has 0 spiro atoms. The van der Waals surface area contributed by atoms with Crippen molar-refractivity contribution in [3.05, 3.63) is 139 Å². The van der Waals surface area contributed by atoms with Gasteiger partial charge in [0.2, 0.25) is 0 Å². The number of aromatic nitrogens is 3. The zero-order chi connectivity index (χ0) is 26.6. The summed E-state index contributed by atoms with van der Waals surface area (Å²) in [4.78, 5) is 4.32. The third kappa shape index (κ3) is 3.15. The van der Waals surface area contributed by atoms with Crippen molar-refractivity contribution >= 4 is 43.6 Å². The topological polar surface area (TPSA) is 46.5 Å². The van der Waals surface area contributed by atoms with Crippen molar-refractivity contribution < 1.29 is 0 Å². The molecule has 0 fully saturated rings. The van der Waals surface area contributed by atoms with Crippen LogP contribution in [0.3, 0.4) is 0 Å². The Kier molecular flexibility index (Phi) is 4.85. The van der Waals surface area contributed by atoms with Gasteiger partial charge in [0.15, 0.2) is 0 Å². The van der Waals surface area contributed by atoms with Crippen LogP contribution in [0.15, 0.2) is 134 Å². The van der Waals surface area contributed by atoms with E-state index in [4.69, 9.17) is 0 Å². The Morgan fingerprint density at radius 1 is 0.500 bits per heavy atom. The second kappa shape index (κ2) is 8.69. The average Bonchev–Trinajstić information content (AvgIpc) is 3.54. The van der Waals surface area contributed by atoms with E-state index >= 15 is 0 Å². The summed E-state index contributed by atoms with van der Waals surface area (Å²) in [5, 5.41) is 15.0. The molecular formula is C36H22N4. The molecular weight excluding hydrogens is 488 g/mol. The Hall–Kier alpha value is -5.66. The number of nitrogens with zero attached hydrogens (tertiary/aromatic N) is 4. The lowest BCUT2D eigenvalue weighted by Crippen LogP contribution is -2.05. The van der Waals surface area contributed by atoms with Crippen molar-refractivity contribution in [3.8, 4) is 28.6 Å². The van der Waals surface area contributed by atoms with Gasteiger partial charge in [0.1, 0.15) is 0 Å². The largest absolute Gasteiger partial charge is 0.308 e. The fourth-order valence-electron chi connectivity index (χ4n) is 6.21. The van der Waals surface area contributed by atoms with E-state index < -0.39 is 0 Å². The molecule has 4 nitrogen and oxygen atoms in total. The van der Waals surface area contributed by atoms with E-state index in [1.807, 2.05) is 24.5 Å². The Morgan fingerprint density at radius 3 is 1.25 bits per heavy atom. The van der Waals surface area contributed by atoms with E-state index in [1.54, 1.807) is 0 Å². The molecule has 0 saturated carbocycles. The Balaban J connectivity index is 1.61. The molecule has 0 atom stereocenters. The maximum atomic E-state index is 10.3. The quantitative estimate of drug-likeness (QED) is 0.238. The molecule has 0 aliphatic rings. The van der Waals surface area contributed by atoms with Crippen molar-refractivity contribution in [1.29, 1.82) is 5.26 Å². The fourth-order valence-corrected chi connectivity index (χ4v) is 6.21. The van der Waals surface area contributed by atoms with E-state index in [0.717, 1.165) is 44.6 Å². The molecule has 0 N–H and O–H groups in total. The summed E-state index contributed by atoms with van der Waals surface area (Å²) in [6, 6.07) is 44.5. The van der Waals surface area contributed by atoms with E-state index in [2.05, 4.69) is 129 Å². The van der Waals surface area contributed by atoms with E-state index in [9.17, 15) is 5.26 Å². The summed E-state index contributed by atoms with van der Waals surface area (Å²) < 4.78 is 4.61. The van der Waals surface area contributed by atoms with Crippen molar-refractivity contribution in [3.63, 3.8) is 0 Å². The molecule has 186 valence electrons. The van der Waals surface area contributed by atoms with Crippen molar-refractivity contribution in [2.75, 3.05) is 0 Å². The minimum Gasteiger partial charge on any atom is -0.308 e. The van der Waals surface area contributed by atoms with Gasteiger partial charge in [-0.2, -0.15) is 5.26 Å². The first-order valence-corrected chi connectivity index (χ1v) is 13.3. The highest BCUT2D eigenvalue weighted by Crippen LogP contribution is 2.42. The van der Waals surface area contributed by atoms with Gasteiger partial charge in [-0.25, -0.2) is 0 Å². The molecule has 0 saturated heterocycles. The molecule has 8 rings (SSSR count). The molecule has 0 aliphatic carbocycles. The monoisotopic (exact) mass is 510 g/mol. The number of pyridine rings is 1. The predicted molar refractivity (Wildman–Crippen MR) is 163 cm³/mol. The summed E-state index contributed by atoms with van der Waals surface area (Å²) >= 11 is 0. The number of hydrogen-bond acceptors (Lipinski definition) is 2. The molecule has 0 unspecified atom stereocenters. The molecule has 3 aromatic heterocycles. The predicted octanol–water partition coefficient (Wildman–Crippen LogP) is 8.81. The van der Waals surface area contributed by atoms with Gasteiger partial charge < -0.3 is 9.13 Å². The number of para-hydroxylation sites is 4. The first-order valence-electron chi connectivity index (χ1n) is 13.3. The highest BCUT2D eigenvalue weighted by molar-refractivity contribution is 6.12.